The Morgan fingerprint density at radius 2 is 0.983 bits per heavy atom. The van der Waals surface area contributed by atoms with Gasteiger partial charge in [-0.3, -0.25) is 9.11 Å². The van der Waals surface area contributed by atoms with Crippen molar-refractivity contribution >= 4 is 84.8 Å². The molecule has 0 saturated carbocycles. The Morgan fingerprint density at radius 3 is 1.42 bits per heavy atom. The van der Waals surface area contributed by atoms with E-state index in [4.69, 9.17) is 11.5 Å². The molecule has 0 fully saturated rings. The number of azo groups is 1. The SMILES string of the molecule is Cc1cc(-c2ccc(-c3c(S(=O)(=O)O)cc4cc(S(=O)(=O)[O-])cc(N)c4c3[O-])c(C)c2)ccc1N=Nc1c(S(=O)(=O)O)cc2cc(S(=O)(=O)[O-])cc(N)c2c1[O-].[Na+].[Na+].[Na+].[Na+]. The second kappa shape index (κ2) is 19.6. The second-order valence-electron chi connectivity index (χ2n) is 12.4. The zero-order valence-corrected chi connectivity index (χ0v) is 43.7. The molecule has 0 heterocycles. The summed E-state index contributed by atoms with van der Waals surface area (Å²) in [6.45, 7) is 3.14. The van der Waals surface area contributed by atoms with E-state index in [1.54, 1.807) is 32.0 Å². The van der Waals surface area contributed by atoms with Crippen molar-refractivity contribution in [2.24, 2.45) is 10.2 Å². The van der Waals surface area contributed by atoms with Crippen LogP contribution in [-0.2, 0) is 40.5 Å². The summed E-state index contributed by atoms with van der Waals surface area (Å²) in [4.78, 5) is -3.54. The molecule has 292 valence electrons. The average molecular weight is 933 g/mol. The number of benzene rings is 6. The fourth-order valence-corrected chi connectivity index (χ4v) is 8.65. The first-order valence-corrected chi connectivity index (χ1v) is 21.1. The van der Waals surface area contributed by atoms with Gasteiger partial charge in [0.1, 0.15) is 30.0 Å². The summed E-state index contributed by atoms with van der Waals surface area (Å²) >= 11 is 0. The van der Waals surface area contributed by atoms with Gasteiger partial charge in [0.2, 0.25) is 0 Å². The minimum Gasteiger partial charge on any atom is -0.872 e. The summed E-state index contributed by atoms with van der Waals surface area (Å²) in [5.41, 5.74) is 11.6. The van der Waals surface area contributed by atoms with Crippen LogP contribution in [0.3, 0.4) is 0 Å². The average Bonchev–Trinajstić information content (AvgIpc) is 3.06. The molecule has 0 aromatic heterocycles. The number of rotatable bonds is 8. The number of anilines is 2. The summed E-state index contributed by atoms with van der Waals surface area (Å²) in [5.74, 6) is -2.10. The largest absolute Gasteiger partial charge is 1.00 e. The molecule has 0 spiro atoms. The minimum atomic E-state index is -5.16. The molecule has 18 nitrogen and oxygen atoms in total. The van der Waals surface area contributed by atoms with E-state index in [2.05, 4.69) is 10.2 Å². The van der Waals surface area contributed by atoms with Crippen molar-refractivity contribution in [2.75, 3.05) is 11.5 Å². The van der Waals surface area contributed by atoms with E-state index in [0.717, 1.165) is 36.4 Å². The third-order valence-electron chi connectivity index (χ3n) is 8.71. The van der Waals surface area contributed by atoms with E-state index in [9.17, 15) is 62.1 Å². The van der Waals surface area contributed by atoms with E-state index in [1.165, 1.54) is 18.2 Å². The van der Waals surface area contributed by atoms with Crippen LogP contribution in [0, 0.1) is 13.8 Å². The van der Waals surface area contributed by atoms with Crippen LogP contribution in [0.2, 0.25) is 0 Å². The van der Waals surface area contributed by atoms with Gasteiger partial charge in [0, 0.05) is 11.4 Å². The molecule has 0 amide bonds. The molecule has 6 rings (SSSR count). The molecule has 0 unspecified atom stereocenters. The fourth-order valence-electron chi connectivity index (χ4n) is 6.17. The Kier molecular flexibility index (Phi) is 17.7. The van der Waals surface area contributed by atoms with E-state index >= 15 is 0 Å². The summed E-state index contributed by atoms with van der Waals surface area (Å²) in [7, 11) is -20.4. The van der Waals surface area contributed by atoms with Crippen LogP contribution in [0.25, 0.3) is 43.8 Å². The summed E-state index contributed by atoms with van der Waals surface area (Å²) < 4.78 is 139. The van der Waals surface area contributed by atoms with Crippen molar-refractivity contribution in [3.8, 4) is 33.8 Å². The number of hydrogen-bond acceptors (Lipinski definition) is 16. The van der Waals surface area contributed by atoms with E-state index in [-0.39, 0.29) is 151 Å². The molecule has 0 radical (unpaired) electrons. The van der Waals surface area contributed by atoms with Gasteiger partial charge in [0.05, 0.1) is 21.2 Å². The molecule has 6 aromatic carbocycles. The molecule has 6 aromatic rings. The molecule has 0 aliphatic carbocycles. The van der Waals surface area contributed by atoms with Crippen molar-refractivity contribution in [3.05, 3.63) is 83.9 Å². The quantitative estimate of drug-likeness (QED) is 0.0477. The number of fused-ring (bicyclic) bond motifs is 2. The molecular formula is C34H24N4Na4O14S4. The topological polar surface area (TPSA) is 346 Å². The molecular weight excluding hydrogens is 909 g/mol. The van der Waals surface area contributed by atoms with Crippen LogP contribution in [0.4, 0.5) is 22.7 Å². The summed E-state index contributed by atoms with van der Waals surface area (Å²) in [6.07, 6.45) is 0. The Labute approximate surface area is 432 Å². The Bertz CT molecular complexity index is 3230. The second-order valence-corrected chi connectivity index (χ2v) is 18.0. The minimum absolute atomic E-state index is 0. The first kappa shape index (κ1) is 54.4. The van der Waals surface area contributed by atoms with Crippen LogP contribution in [0.1, 0.15) is 11.1 Å². The zero-order chi connectivity index (χ0) is 41.4. The van der Waals surface area contributed by atoms with Crippen LogP contribution in [-0.4, -0.2) is 51.9 Å². The van der Waals surface area contributed by atoms with Crippen LogP contribution in [0.5, 0.6) is 11.5 Å². The molecule has 0 aliphatic heterocycles. The number of aryl methyl sites for hydroxylation is 2. The number of hydrogen-bond donors (Lipinski definition) is 4. The van der Waals surface area contributed by atoms with Crippen molar-refractivity contribution in [1.82, 2.24) is 0 Å². The summed E-state index contributed by atoms with van der Waals surface area (Å²) in [5, 5.41) is 33.6. The fraction of sp³-hybridized carbons (Fsp3) is 0.0588. The number of nitrogen functional groups attached to an aromatic ring is 2. The third-order valence-corrected chi connectivity index (χ3v) is 12.1. The molecule has 0 bridgehead atoms. The van der Waals surface area contributed by atoms with E-state index < -0.39 is 94.2 Å². The first-order valence-electron chi connectivity index (χ1n) is 15.4. The predicted octanol–water partition coefficient (Wildman–Crippen LogP) is -8.01. The number of nitrogens with two attached hydrogens (primary N) is 2. The van der Waals surface area contributed by atoms with Gasteiger partial charge < -0.3 is 30.8 Å². The molecule has 26 heteroatoms. The van der Waals surface area contributed by atoms with Crippen molar-refractivity contribution in [3.63, 3.8) is 0 Å². The van der Waals surface area contributed by atoms with Crippen LogP contribution in [0.15, 0.2) is 103 Å². The summed E-state index contributed by atoms with van der Waals surface area (Å²) in [6, 6.07) is 13.7. The molecule has 60 heavy (non-hydrogen) atoms. The Balaban J connectivity index is 0.00000310. The monoisotopic (exact) mass is 932 g/mol. The van der Waals surface area contributed by atoms with Crippen LogP contribution < -0.4 is 140 Å². The molecule has 0 atom stereocenters. The van der Waals surface area contributed by atoms with Gasteiger partial charge in [-0.25, -0.2) is 16.8 Å². The molecule has 0 aliphatic rings. The maximum absolute atomic E-state index is 13.8. The smallest absolute Gasteiger partial charge is 0.872 e. The van der Waals surface area contributed by atoms with Crippen molar-refractivity contribution < 1.29 is 180 Å². The zero-order valence-electron chi connectivity index (χ0n) is 32.4. The van der Waals surface area contributed by atoms with Gasteiger partial charge in [-0.1, -0.05) is 35.8 Å². The van der Waals surface area contributed by atoms with Crippen molar-refractivity contribution in [1.29, 1.82) is 0 Å². The first-order chi connectivity index (χ1) is 25.8. The Morgan fingerprint density at radius 1 is 0.550 bits per heavy atom. The predicted molar refractivity (Wildman–Crippen MR) is 196 cm³/mol. The standard InChI is InChI=1S/C34H28N4O14S4.4Na/c1-15-7-17(3-5-23(15)31-27(55(47,48)49)11-19-9-21(53(41,42)43)13-24(35)29(19)33(31)39)18-4-6-26(16(2)8-18)37-38-32-28(56(50,51)52)12-20-10-22(54(44,45)46)14-25(36)30(20)34(32)40;;;;/h3-14,39-40H,35-36H2,1-2H3,(H,41,42,43)(H,44,45,46)(H,47,48,49)(H,50,51,52);;;;/q;4*+1/p-4. The van der Waals surface area contributed by atoms with Gasteiger partial charge in [-0.15, -0.1) is 5.11 Å². The van der Waals surface area contributed by atoms with Gasteiger partial charge in [-0.05, 0) is 117 Å². The van der Waals surface area contributed by atoms with Gasteiger partial charge in [0.25, 0.3) is 20.2 Å². The van der Waals surface area contributed by atoms with Gasteiger partial charge in [0.15, 0.2) is 0 Å². The van der Waals surface area contributed by atoms with E-state index in [0.29, 0.717) is 22.3 Å². The normalized spacial score (nSPS) is 12.0. The maximum Gasteiger partial charge on any atom is 1.00 e. The van der Waals surface area contributed by atoms with Gasteiger partial charge >= 0.3 is 118 Å². The Hall–Kier alpha value is -1.72. The van der Waals surface area contributed by atoms with Crippen LogP contribution >= 0.6 is 0 Å². The molecule has 6 N–H and O–H groups in total. The third kappa shape index (κ3) is 11.0. The number of nitrogens with zero attached hydrogens (tertiary/aromatic N) is 2. The maximum atomic E-state index is 13.8. The van der Waals surface area contributed by atoms with E-state index in [1.807, 2.05) is 0 Å². The molecule has 0 saturated heterocycles. The van der Waals surface area contributed by atoms with Gasteiger partial charge in [-0.2, -0.15) is 21.9 Å². The van der Waals surface area contributed by atoms with Crippen molar-refractivity contribution in [2.45, 2.75) is 33.4 Å².